The quantitative estimate of drug-likeness (QED) is 0.945. The largest absolute Gasteiger partial charge is 0.278 e. The summed E-state index contributed by atoms with van der Waals surface area (Å²) in [5.41, 5.74) is 2.91. The van der Waals surface area contributed by atoms with Gasteiger partial charge in [0, 0.05) is 0 Å². The second kappa shape index (κ2) is 5.58. The van der Waals surface area contributed by atoms with E-state index < -0.39 is 10.0 Å². The van der Waals surface area contributed by atoms with Gasteiger partial charge in [-0.1, -0.05) is 24.3 Å². The number of sulfonamides is 1. The van der Waals surface area contributed by atoms with Gasteiger partial charge >= 0.3 is 0 Å². The molecule has 4 nitrogen and oxygen atoms in total. The van der Waals surface area contributed by atoms with Crippen molar-refractivity contribution in [3.05, 3.63) is 58.7 Å². The van der Waals surface area contributed by atoms with Crippen LogP contribution in [0.3, 0.4) is 0 Å². The third kappa shape index (κ3) is 3.06. The van der Waals surface area contributed by atoms with E-state index in [1.165, 1.54) is 0 Å². The minimum atomic E-state index is -3.72. The number of hydrogen-bond acceptors (Lipinski definition) is 3. The van der Waals surface area contributed by atoms with E-state index in [4.69, 9.17) is 0 Å². The fourth-order valence-corrected chi connectivity index (χ4v) is 3.50. The predicted octanol–water partition coefficient (Wildman–Crippen LogP) is 3.28. The Balaban J connectivity index is 2.51. The number of anilines is 1. The summed E-state index contributed by atoms with van der Waals surface area (Å²) in [6.45, 7) is 5.36. The molecule has 5 heteroatoms. The lowest BCUT2D eigenvalue weighted by Gasteiger charge is -2.13. The molecule has 0 heterocycles. The van der Waals surface area contributed by atoms with E-state index in [1.807, 2.05) is 19.1 Å². The second-order valence-corrected chi connectivity index (χ2v) is 6.63. The molecule has 0 saturated carbocycles. The lowest BCUT2D eigenvalue weighted by molar-refractivity contribution is 0.600. The molecular formula is C16H16N2O2S. The highest BCUT2D eigenvalue weighted by atomic mass is 32.2. The second-order valence-electron chi connectivity index (χ2n) is 4.98. The summed E-state index contributed by atoms with van der Waals surface area (Å²) in [7, 11) is -3.72. The highest BCUT2D eigenvalue weighted by molar-refractivity contribution is 7.92. The van der Waals surface area contributed by atoms with Gasteiger partial charge in [-0.05, 0) is 49.6 Å². The molecule has 21 heavy (non-hydrogen) atoms. The zero-order valence-corrected chi connectivity index (χ0v) is 13.0. The molecule has 0 aliphatic rings. The average molecular weight is 300 g/mol. The van der Waals surface area contributed by atoms with Gasteiger partial charge in [0.15, 0.2) is 0 Å². The van der Waals surface area contributed by atoms with Gasteiger partial charge in [0.05, 0.1) is 16.1 Å². The molecule has 0 radical (unpaired) electrons. The Morgan fingerprint density at radius 1 is 1.05 bits per heavy atom. The van der Waals surface area contributed by atoms with E-state index in [2.05, 4.69) is 4.72 Å². The van der Waals surface area contributed by atoms with Crippen molar-refractivity contribution >= 4 is 15.7 Å². The molecule has 0 atom stereocenters. The number of nitrogens with zero attached hydrogens (tertiary/aromatic N) is 1. The topological polar surface area (TPSA) is 70.0 Å². The van der Waals surface area contributed by atoms with Gasteiger partial charge in [0.1, 0.15) is 6.07 Å². The minimum absolute atomic E-state index is 0.230. The summed E-state index contributed by atoms with van der Waals surface area (Å²) in [6, 6.07) is 12.4. The van der Waals surface area contributed by atoms with Crippen LogP contribution in [-0.4, -0.2) is 8.42 Å². The van der Waals surface area contributed by atoms with Crippen molar-refractivity contribution in [3.63, 3.8) is 0 Å². The fourth-order valence-electron chi connectivity index (χ4n) is 2.10. The molecule has 0 amide bonds. The van der Waals surface area contributed by atoms with Gasteiger partial charge in [-0.3, -0.25) is 4.72 Å². The summed E-state index contributed by atoms with van der Waals surface area (Å²) in [4.78, 5) is 0.230. The SMILES string of the molecule is Cc1ccc(C)c(S(=O)(=O)Nc2cccc(C)c2C#N)c1. The van der Waals surface area contributed by atoms with Crippen LogP contribution in [-0.2, 0) is 10.0 Å². The Bertz CT molecular complexity index is 834. The minimum Gasteiger partial charge on any atom is -0.278 e. The van der Waals surface area contributed by atoms with Gasteiger partial charge in [-0.15, -0.1) is 0 Å². The Morgan fingerprint density at radius 3 is 2.43 bits per heavy atom. The summed E-state index contributed by atoms with van der Waals surface area (Å²) < 4.78 is 27.6. The average Bonchev–Trinajstić information content (AvgIpc) is 2.41. The zero-order chi connectivity index (χ0) is 15.6. The van der Waals surface area contributed by atoms with Crippen LogP contribution in [0.2, 0.25) is 0 Å². The van der Waals surface area contributed by atoms with Crippen molar-refractivity contribution in [2.45, 2.75) is 25.7 Å². The first-order valence-electron chi connectivity index (χ1n) is 6.45. The highest BCUT2D eigenvalue weighted by Gasteiger charge is 2.19. The molecule has 108 valence electrons. The van der Waals surface area contributed by atoms with E-state index >= 15 is 0 Å². The molecule has 2 aromatic rings. The van der Waals surface area contributed by atoms with Crippen molar-refractivity contribution in [1.82, 2.24) is 0 Å². The smallest absolute Gasteiger partial charge is 0.262 e. The molecule has 0 aliphatic carbocycles. The van der Waals surface area contributed by atoms with Crippen LogP contribution >= 0.6 is 0 Å². The third-order valence-corrected chi connectivity index (χ3v) is 4.77. The fraction of sp³-hybridized carbons (Fsp3) is 0.188. The van der Waals surface area contributed by atoms with Crippen molar-refractivity contribution < 1.29 is 8.42 Å². The van der Waals surface area contributed by atoms with Crippen LogP contribution in [0.1, 0.15) is 22.3 Å². The molecule has 0 fully saturated rings. The lowest BCUT2D eigenvalue weighted by atomic mass is 10.1. The van der Waals surface area contributed by atoms with Gasteiger partial charge in [-0.25, -0.2) is 8.42 Å². The molecule has 0 unspecified atom stereocenters. The molecule has 0 aliphatic heterocycles. The first-order chi connectivity index (χ1) is 9.85. The number of hydrogen-bond donors (Lipinski definition) is 1. The number of benzene rings is 2. The molecular weight excluding hydrogens is 284 g/mol. The van der Waals surface area contributed by atoms with Gasteiger partial charge < -0.3 is 0 Å². The summed E-state index contributed by atoms with van der Waals surface area (Å²) >= 11 is 0. The summed E-state index contributed by atoms with van der Waals surface area (Å²) in [5.74, 6) is 0. The molecule has 0 bridgehead atoms. The number of nitriles is 1. The van der Waals surface area contributed by atoms with E-state index in [9.17, 15) is 13.7 Å². The van der Waals surface area contributed by atoms with Crippen molar-refractivity contribution in [2.75, 3.05) is 4.72 Å². The molecule has 0 aromatic heterocycles. The third-order valence-electron chi connectivity index (χ3n) is 3.26. The summed E-state index contributed by atoms with van der Waals surface area (Å²) in [5, 5.41) is 9.18. The van der Waals surface area contributed by atoms with Gasteiger partial charge in [0.2, 0.25) is 0 Å². The van der Waals surface area contributed by atoms with E-state index in [-0.39, 0.29) is 4.90 Å². The van der Waals surface area contributed by atoms with Crippen LogP contribution < -0.4 is 4.72 Å². The number of nitrogens with one attached hydrogen (secondary N) is 1. The predicted molar refractivity (Wildman–Crippen MR) is 82.6 cm³/mol. The number of aryl methyl sites for hydroxylation is 3. The molecule has 0 spiro atoms. The first kappa shape index (κ1) is 15.1. The Morgan fingerprint density at radius 2 is 1.76 bits per heavy atom. The Hall–Kier alpha value is -2.32. The molecule has 2 aromatic carbocycles. The normalized spacial score (nSPS) is 11.0. The van der Waals surface area contributed by atoms with Crippen LogP contribution in [0.4, 0.5) is 5.69 Å². The van der Waals surface area contributed by atoms with Crippen LogP contribution in [0.25, 0.3) is 0 Å². The monoisotopic (exact) mass is 300 g/mol. The maximum atomic E-state index is 12.5. The molecule has 0 saturated heterocycles. The standard InChI is InChI=1S/C16H16N2O2S/c1-11-7-8-13(3)16(9-11)21(19,20)18-15-6-4-5-12(2)14(15)10-17/h4-9,18H,1-3H3. The highest BCUT2D eigenvalue weighted by Crippen LogP contribution is 2.24. The van der Waals surface area contributed by atoms with Crippen LogP contribution in [0, 0.1) is 32.1 Å². The Labute approximate surface area is 125 Å². The van der Waals surface area contributed by atoms with E-state index in [1.54, 1.807) is 44.2 Å². The van der Waals surface area contributed by atoms with Gasteiger partial charge in [-0.2, -0.15) is 5.26 Å². The zero-order valence-electron chi connectivity index (χ0n) is 12.1. The van der Waals surface area contributed by atoms with E-state index in [0.717, 1.165) is 11.1 Å². The van der Waals surface area contributed by atoms with Crippen molar-refractivity contribution in [2.24, 2.45) is 0 Å². The van der Waals surface area contributed by atoms with Crippen molar-refractivity contribution in [1.29, 1.82) is 5.26 Å². The Kier molecular flexibility index (Phi) is 4.01. The maximum Gasteiger partial charge on any atom is 0.262 e. The van der Waals surface area contributed by atoms with E-state index in [0.29, 0.717) is 16.8 Å². The molecule has 2 rings (SSSR count). The van der Waals surface area contributed by atoms with Crippen LogP contribution in [0.15, 0.2) is 41.3 Å². The lowest BCUT2D eigenvalue weighted by Crippen LogP contribution is -2.15. The first-order valence-corrected chi connectivity index (χ1v) is 7.93. The van der Waals surface area contributed by atoms with Crippen molar-refractivity contribution in [3.8, 4) is 6.07 Å². The van der Waals surface area contributed by atoms with Gasteiger partial charge in [0.25, 0.3) is 10.0 Å². The summed E-state index contributed by atoms with van der Waals surface area (Å²) in [6.07, 6.45) is 0. The molecule has 1 N–H and O–H groups in total. The van der Waals surface area contributed by atoms with Crippen LogP contribution in [0.5, 0.6) is 0 Å². The maximum absolute atomic E-state index is 12.5. The number of rotatable bonds is 3.